The predicted octanol–water partition coefficient (Wildman–Crippen LogP) is 11.8. The van der Waals surface area contributed by atoms with Gasteiger partial charge >= 0.3 is 11.9 Å². The number of amides is 1. The number of carbonyl (C=O) groups is 3. The third-order valence-electron chi connectivity index (χ3n) is 9.10. The fourth-order valence-electron chi connectivity index (χ4n) is 5.95. The van der Waals surface area contributed by atoms with Gasteiger partial charge in [-0.1, -0.05) is 139 Å². The van der Waals surface area contributed by atoms with Crippen LogP contribution in [0.5, 0.6) is 0 Å². The first-order valence-corrected chi connectivity index (χ1v) is 21.1. The molecule has 52 heavy (non-hydrogen) atoms. The minimum atomic E-state index is -1.01. The number of unbranched alkanes of at least 4 members (excludes halogenated alkanes) is 13. The second kappa shape index (κ2) is 39.3. The quantitative estimate of drug-likeness (QED) is 0.0333. The molecule has 0 saturated carbocycles. The first kappa shape index (κ1) is 49.1. The number of aliphatic carboxylic acids is 1. The van der Waals surface area contributed by atoms with E-state index in [1.165, 1.54) is 44.9 Å². The third kappa shape index (κ3) is 35.5. The molecule has 0 fully saturated rings. The lowest BCUT2D eigenvalue weighted by Crippen LogP contribution is -2.40. The number of nitrogens with two attached hydrogens (primary N) is 1. The standard InChI is InChI=1S/C45H78N2O5/c1-3-5-7-9-11-12-13-14-15-16-17-18-19-20-21-22-23-24-25-27-33-39-44(49)52-41(35-30-26-10-8-6-4-2)36-31-28-29-32-38-43(48)47-42(45(50)51)37-34-40-46/h5,7,11-12,14-15,17-18,20-21,41-42H,3-4,6,8-10,13,16,19,22-40,46H2,1-2H3,(H,47,48)(H,50,51)/b7-5-,12-11-,15-14-,18-17-,21-20-. The SMILES string of the molecule is CC/C=C\C/C=C\C/C=C\C/C=C\C/C=C\CCCCCCCC(=O)OC(CCCCCCCC)CCCCCCC(=O)NC(CCCN)C(=O)O. The van der Waals surface area contributed by atoms with Crippen molar-refractivity contribution in [1.29, 1.82) is 0 Å². The van der Waals surface area contributed by atoms with Crippen molar-refractivity contribution in [2.75, 3.05) is 6.54 Å². The number of hydrogen-bond acceptors (Lipinski definition) is 5. The van der Waals surface area contributed by atoms with Crippen LogP contribution >= 0.6 is 0 Å². The van der Waals surface area contributed by atoms with Gasteiger partial charge in [-0.05, 0) is 103 Å². The van der Waals surface area contributed by atoms with Gasteiger partial charge in [-0.15, -0.1) is 0 Å². The monoisotopic (exact) mass is 727 g/mol. The molecule has 0 aromatic rings. The highest BCUT2D eigenvalue weighted by Gasteiger charge is 2.19. The molecule has 0 aliphatic heterocycles. The first-order valence-electron chi connectivity index (χ1n) is 21.1. The zero-order chi connectivity index (χ0) is 38.2. The van der Waals surface area contributed by atoms with Gasteiger partial charge in [0.15, 0.2) is 0 Å². The molecule has 0 heterocycles. The molecule has 0 saturated heterocycles. The highest BCUT2D eigenvalue weighted by molar-refractivity contribution is 5.83. The third-order valence-corrected chi connectivity index (χ3v) is 9.10. The topological polar surface area (TPSA) is 119 Å². The lowest BCUT2D eigenvalue weighted by atomic mass is 10.0. The predicted molar refractivity (Wildman–Crippen MR) is 220 cm³/mol. The van der Waals surface area contributed by atoms with Gasteiger partial charge < -0.3 is 20.9 Å². The van der Waals surface area contributed by atoms with E-state index in [0.717, 1.165) is 103 Å². The van der Waals surface area contributed by atoms with Crippen molar-refractivity contribution in [3.05, 3.63) is 60.8 Å². The number of esters is 1. The summed E-state index contributed by atoms with van der Waals surface area (Å²) >= 11 is 0. The van der Waals surface area contributed by atoms with Crippen molar-refractivity contribution in [2.24, 2.45) is 5.73 Å². The van der Waals surface area contributed by atoms with Crippen molar-refractivity contribution < 1.29 is 24.2 Å². The molecule has 0 aromatic carbocycles. The molecule has 0 bridgehead atoms. The minimum Gasteiger partial charge on any atom is -0.480 e. The largest absolute Gasteiger partial charge is 0.480 e. The molecule has 4 N–H and O–H groups in total. The lowest BCUT2D eigenvalue weighted by molar-refractivity contribution is -0.150. The van der Waals surface area contributed by atoms with Crippen LogP contribution in [0.3, 0.4) is 0 Å². The number of rotatable bonds is 37. The van der Waals surface area contributed by atoms with Gasteiger partial charge in [0.25, 0.3) is 0 Å². The van der Waals surface area contributed by atoms with Gasteiger partial charge in [-0.2, -0.15) is 0 Å². The molecule has 0 aliphatic rings. The molecule has 0 radical (unpaired) electrons. The number of carboxylic acid groups (broad SMARTS) is 1. The summed E-state index contributed by atoms with van der Waals surface area (Å²) in [6.45, 7) is 4.79. The Morgan fingerprint density at radius 3 is 1.60 bits per heavy atom. The molecular weight excluding hydrogens is 649 g/mol. The average molecular weight is 727 g/mol. The van der Waals surface area contributed by atoms with Gasteiger partial charge in [0, 0.05) is 12.8 Å². The second-order valence-electron chi connectivity index (χ2n) is 14.0. The molecule has 2 unspecified atom stereocenters. The van der Waals surface area contributed by atoms with Crippen molar-refractivity contribution in [2.45, 2.75) is 199 Å². The molecule has 1 amide bonds. The molecule has 298 valence electrons. The van der Waals surface area contributed by atoms with Crippen LogP contribution in [-0.4, -0.2) is 41.6 Å². The highest BCUT2D eigenvalue weighted by atomic mass is 16.5. The van der Waals surface area contributed by atoms with E-state index in [1.54, 1.807) is 0 Å². The Hall–Kier alpha value is -2.93. The number of allylic oxidation sites excluding steroid dienone is 10. The lowest BCUT2D eigenvalue weighted by Gasteiger charge is -2.18. The van der Waals surface area contributed by atoms with Crippen LogP contribution in [0.15, 0.2) is 60.8 Å². The summed E-state index contributed by atoms with van der Waals surface area (Å²) in [7, 11) is 0. The van der Waals surface area contributed by atoms with E-state index >= 15 is 0 Å². The van der Waals surface area contributed by atoms with Crippen LogP contribution in [0.25, 0.3) is 0 Å². The summed E-state index contributed by atoms with van der Waals surface area (Å²) in [5, 5.41) is 11.9. The van der Waals surface area contributed by atoms with E-state index in [1.807, 2.05) is 0 Å². The Bertz CT molecular complexity index is 1000. The Balaban J connectivity index is 4.15. The van der Waals surface area contributed by atoms with E-state index in [4.69, 9.17) is 10.5 Å². The van der Waals surface area contributed by atoms with Crippen molar-refractivity contribution in [3.63, 3.8) is 0 Å². The van der Waals surface area contributed by atoms with E-state index < -0.39 is 12.0 Å². The van der Waals surface area contributed by atoms with Gasteiger partial charge in [0.2, 0.25) is 5.91 Å². The summed E-state index contributed by atoms with van der Waals surface area (Å²) in [5.41, 5.74) is 5.48. The summed E-state index contributed by atoms with van der Waals surface area (Å²) in [6.07, 6.45) is 48.4. The number of ether oxygens (including phenoxy) is 1. The maximum absolute atomic E-state index is 12.7. The summed E-state index contributed by atoms with van der Waals surface area (Å²) in [5.74, 6) is -1.29. The molecule has 7 nitrogen and oxygen atoms in total. The molecule has 0 spiro atoms. The van der Waals surface area contributed by atoms with Crippen molar-refractivity contribution in [1.82, 2.24) is 5.32 Å². The van der Waals surface area contributed by atoms with Gasteiger partial charge in [0.1, 0.15) is 12.1 Å². The summed E-state index contributed by atoms with van der Waals surface area (Å²) in [6, 6.07) is -0.867. The Labute approximate surface area is 319 Å². The van der Waals surface area contributed by atoms with Crippen LogP contribution < -0.4 is 11.1 Å². The molecule has 0 aromatic heterocycles. The van der Waals surface area contributed by atoms with Crippen LogP contribution in [0, 0.1) is 0 Å². The Kier molecular flexibility index (Phi) is 37.1. The van der Waals surface area contributed by atoms with Crippen LogP contribution in [0.2, 0.25) is 0 Å². The maximum Gasteiger partial charge on any atom is 0.326 e. The smallest absolute Gasteiger partial charge is 0.326 e. The number of carbonyl (C=O) groups excluding carboxylic acids is 2. The van der Waals surface area contributed by atoms with E-state index in [9.17, 15) is 19.5 Å². The molecule has 7 heteroatoms. The van der Waals surface area contributed by atoms with Crippen LogP contribution in [0.1, 0.15) is 187 Å². The summed E-state index contributed by atoms with van der Waals surface area (Å²) in [4.78, 5) is 36.3. The van der Waals surface area contributed by atoms with Gasteiger partial charge in [-0.3, -0.25) is 9.59 Å². The molecule has 0 aliphatic carbocycles. The minimum absolute atomic E-state index is 0.0238. The zero-order valence-corrected chi connectivity index (χ0v) is 33.4. The van der Waals surface area contributed by atoms with Crippen LogP contribution in [-0.2, 0) is 19.1 Å². The Morgan fingerprint density at radius 1 is 0.577 bits per heavy atom. The second-order valence-corrected chi connectivity index (χ2v) is 14.0. The molecular formula is C45H78N2O5. The number of carboxylic acids is 1. The number of nitrogens with one attached hydrogen (secondary N) is 1. The average Bonchev–Trinajstić information content (AvgIpc) is 3.13. The maximum atomic E-state index is 12.7. The van der Waals surface area contributed by atoms with Gasteiger partial charge in [0.05, 0.1) is 0 Å². The fraction of sp³-hybridized carbons (Fsp3) is 0.711. The molecule has 2 atom stereocenters. The van der Waals surface area contributed by atoms with Crippen LogP contribution in [0.4, 0.5) is 0 Å². The first-order chi connectivity index (χ1) is 25.4. The van der Waals surface area contributed by atoms with E-state index in [2.05, 4.69) is 79.9 Å². The molecule has 0 rings (SSSR count). The van der Waals surface area contributed by atoms with Crippen molar-refractivity contribution >= 4 is 17.8 Å². The van der Waals surface area contributed by atoms with E-state index in [0.29, 0.717) is 32.2 Å². The number of hydrogen-bond donors (Lipinski definition) is 3. The fourth-order valence-corrected chi connectivity index (χ4v) is 5.95. The highest BCUT2D eigenvalue weighted by Crippen LogP contribution is 2.18. The van der Waals surface area contributed by atoms with E-state index in [-0.39, 0.29) is 18.0 Å². The Morgan fingerprint density at radius 2 is 1.06 bits per heavy atom. The summed E-state index contributed by atoms with van der Waals surface area (Å²) < 4.78 is 5.97. The van der Waals surface area contributed by atoms with Crippen molar-refractivity contribution in [3.8, 4) is 0 Å². The normalized spacial score (nSPS) is 13.3. The van der Waals surface area contributed by atoms with Gasteiger partial charge in [-0.25, -0.2) is 4.79 Å². The zero-order valence-electron chi connectivity index (χ0n) is 33.4.